The number of carbonyl (C=O) groups is 1. The minimum absolute atomic E-state index is 0.0295. The lowest BCUT2D eigenvalue weighted by Gasteiger charge is -2.21. The Labute approximate surface area is 74.5 Å². The van der Waals surface area contributed by atoms with Crippen LogP contribution < -0.4 is 0 Å². The van der Waals surface area contributed by atoms with Crippen molar-refractivity contribution in [2.45, 2.75) is 13.1 Å². The second-order valence-corrected chi connectivity index (χ2v) is 2.38. The highest BCUT2D eigenvalue weighted by atomic mass is 19.4. The van der Waals surface area contributed by atoms with Crippen molar-refractivity contribution in [3.63, 3.8) is 0 Å². The molecule has 0 saturated carbocycles. The average Bonchev–Trinajstić information content (AvgIpc) is 2.04. The molecule has 0 aliphatic carbocycles. The first-order valence-corrected chi connectivity index (χ1v) is 3.78. The summed E-state index contributed by atoms with van der Waals surface area (Å²) >= 11 is 0. The van der Waals surface area contributed by atoms with Crippen molar-refractivity contribution in [2.75, 3.05) is 26.8 Å². The number of hydrogen-bond donors (Lipinski definition) is 0. The highest BCUT2D eigenvalue weighted by Crippen LogP contribution is 2.17. The normalized spacial score (nSPS) is 11.5. The van der Waals surface area contributed by atoms with Crippen molar-refractivity contribution in [1.82, 2.24) is 4.90 Å². The second-order valence-electron chi connectivity index (χ2n) is 2.38. The number of nitrogens with zero attached hydrogens (tertiary/aromatic N) is 1. The first kappa shape index (κ1) is 12.2. The van der Waals surface area contributed by atoms with E-state index in [0.29, 0.717) is 4.90 Å². The van der Waals surface area contributed by atoms with E-state index in [-0.39, 0.29) is 19.7 Å². The maximum Gasteiger partial charge on any atom is 0.471 e. The van der Waals surface area contributed by atoms with Gasteiger partial charge in [0, 0.05) is 20.2 Å². The van der Waals surface area contributed by atoms with Crippen molar-refractivity contribution in [3.05, 3.63) is 0 Å². The average molecular weight is 199 g/mol. The van der Waals surface area contributed by atoms with Crippen LogP contribution in [0.25, 0.3) is 0 Å². The Bertz CT molecular complexity index is 170. The molecule has 0 N–H and O–H groups in total. The van der Waals surface area contributed by atoms with Gasteiger partial charge >= 0.3 is 12.1 Å². The van der Waals surface area contributed by atoms with E-state index < -0.39 is 12.1 Å². The van der Waals surface area contributed by atoms with Crippen LogP contribution in [0.2, 0.25) is 0 Å². The molecule has 0 aliphatic heterocycles. The fraction of sp³-hybridized carbons (Fsp3) is 0.857. The van der Waals surface area contributed by atoms with E-state index in [1.807, 2.05) is 0 Å². The van der Waals surface area contributed by atoms with Crippen LogP contribution >= 0.6 is 0 Å². The smallest absolute Gasteiger partial charge is 0.383 e. The summed E-state index contributed by atoms with van der Waals surface area (Å²) in [7, 11) is 1.37. The molecule has 0 unspecified atom stereocenters. The highest BCUT2D eigenvalue weighted by Gasteiger charge is 2.41. The van der Waals surface area contributed by atoms with Gasteiger partial charge in [0.25, 0.3) is 0 Å². The van der Waals surface area contributed by atoms with Crippen LogP contribution in [0, 0.1) is 0 Å². The van der Waals surface area contributed by atoms with Crippen LogP contribution in [0.5, 0.6) is 0 Å². The van der Waals surface area contributed by atoms with Gasteiger partial charge in [-0.05, 0) is 6.92 Å². The number of likely N-dealkylation sites (N-methyl/N-ethyl adjacent to an activating group) is 1. The Hall–Kier alpha value is -0.780. The Morgan fingerprint density at radius 3 is 2.31 bits per heavy atom. The fourth-order valence-electron chi connectivity index (χ4n) is 0.784. The molecule has 0 aliphatic rings. The maximum atomic E-state index is 11.9. The molecular formula is C7H12F3NO2. The molecule has 0 rings (SSSR count). The summed E-state index contributed by atoms with van der Waals surface area (Å²) in [6.07, 6.45) is -4.79. The van der Waals surface area contributed by atoms with Crippen molar-refractivity contribution in [1.29, 1.82) is 0 Å². The number of rotatable bonds is 4. The van der Waals surface area contributed by atoms with Crippen molar-refractivity contribution >= 4 is 5.91 Å². The van der Waals surface area contributed by atoms with Gasteiger partial charge in [0.2, 0.25) is 0 Å². The zero-order chi connectivity index (χ0) is 10.5. The lowest BCUT2D eigenvalue weighted by molar-refractivity contribution is -0.185. The summed E-state index contributed by atoms with van der Waals surface area (Å²) in [5.74, 6) is -1.81. The second kappa shape index (κ2) is 5.06. The van der Waals surface area contributed by atoms with Crippen LogP contribution in [0.15, 0.2) is 0 Å². The number of ether oxygens (including phenoxy) is 1. The van der Waals surface area contributed by atoms with E-state index in [1.54, 1.807) is 0 Å². The van der Waals surface area contributed by atoms with Gasteiger partial charge in [0.1, 0.15) is 0 Å². The van der Waals surface area contributed by atoms with Gasteiger partial charge in [0.05, 0.1) is 6.61 Å². The molecule has 6 heteroatoms. The van der Waals surface area contributed by atoms with E-state index in [4.69, 9.17) is 0 Å². The molecule has 0 saturated heterocycles. The van der Waals surface area contributed by atoms with Gasteiger partial charge in [-0.15, -0.1) is 0 Å². The molecular weight excluding hydrogens is 187 g/mol. The van der Waals surface area contributed by atoms with E-state index in [2.05, 4.69) is 4.74 Å². The van der Waals surface area contributed by atoms with Crippen LogP contribution in [0.1, 0.15) is 6.92 Å². The van der Waals surface area contributed by atoms with Crippen LogP contribution in [0.3, 0.4) is 0 Å². The number of carbonyl (C=O) groups excluding carboxylic acids is 1. The van der Waals surface area contributed by atoms with Gasteiger partial charge in [0.15, 0.2) is 0 Å². The molecule has 0 atom stereocenters. The third kappa shape index (κ3) is 4.12. The monoisotopic (exact) mass is 199 g/mol. The first-order chi connectivity index (χ1) is 5.93. The van der Waals surface area contributed by atoms with Gasteiger partial charge < -0.3 is 9.64 Å². The highest BCUT2D eigenvalue weighted by molar-refractivity contribution is 5.81. The SMILES string of the molecule is CCN(CCOC)C(=O)C(F)(F)F. The third-order valence-corrected chi connectivity index (χ3v) is 1.48. The molecule has 0 heterocycles. The summed E-state index contributed by atoms with van der Waals surface area (Å²) in [6.45, 7) is 1.59. The first-order valence-electron chi connectivity index (χ1n) is 3.78. The standard InChI is InChI=1S/C7H12F3NO2/c1-3-11(4-5-13-2)6(12)7(8,9)10/h3-5H2,1-2H3. The number of alkyl halides is 3. The molecule has 0 aromatic heterocycles. The zero-order valence-electron chi connectivity index (χ0n) is 7.52. The van der Waals surface area contributed by atoms with Crippen LogP contribution in [0.4, 0.5) is 13.2 Å². The lowest BCUT2D eigenvalue weighted by atomic mass is 10.4. The maximum absolute atomic E-state index is 11.9. The van der Waals surface area contributed by atoms with Crippen LogP contribution in [-0.2, 0) is 9.53 Å². The number of amides is 1. The summed E-state index contributed by atoms with van der Waals surface area (Å²) in [4.78, 5) is 11.3. The summed E-state index contributed by atoms with van der Waals surface area (Å²) in [6, 6.07) is 0. The fourth-order valence-corrected chi connectivity index (χ4v) is 0.784. The van der Waals surface area contributed by atoms with Gasteiger partial charge in [-0.25, -0.2) is 0 Å². The zero-order valence-corrected chi connectivity index (χ0v) is 7.52. The predicted molar refractivity (Wildman–Crippen MR) is 40.2 cm³/mol. The molecule has 0 radical (unpaired) electrons. The van der Waals surface area contributed by atoms with Crippen LogP contribution in [-0.4, -0.2) is 43.8 Å². The van der Waals surface area contributed by atoms with Gasteiger partial charge in [-0.2, -0.15) is 13.2 Å². The van der Waals surface area contributed by atoms with Crippen molar-refractivity contribution in [3.8, 4) is 0 Å². The Morgan fingerprint density at radius 2 is 2.00 bits per heavy atom. The van der Waals surface area contributed by atoms with E-state index in [0.717, 1.165) is 0 Å². The molecule has 0 aromatic carbocycles. The topological polar surface area (TPSA) is 29.5 Å². The van der Waals surface area contributed by atoms with E-state index in [1.165, 1.54) is 14.0 Å². The Morgan fingerprint density at radius 1 is 1.46 bits per heavy atom. The van der Waals surface area contributed by atoms with E-state index >= 15 is 0 Å². The minimum atomic E-state index is -4.79. The number of hydrogen-bond acceptors (Lipinski definition) is 2. The largest absolute Gasteiger partial charge is 0.471 e. The predicted octanol–water partition coefficient (Wildman–Crippen LogP) is 1.04. The summed E-state index contributed by atoms with van der Waals surface area (Å²) in [5, 5.41) is 0. The van der Waals surface area contributed by atoms with Gasteiger partial charge in [-0.1, -0.05) is 0 Å². The van der Waals surface area contributed by atoms with Crippen molar-refractivity contribution < 1.29 is 22.7 Å². The summed E-state index contributed by atoms with van der Waals surface area (Å²) in [5.41, 5.74) is 0. The Kier molecular flexibility index (Phi) is 4.76. The van der Waals surface area contributed by atoms with Crippen molar-refractivity contribution in [2.24, 2.45) is 0 Å². The quantitative estimate of drug-likeness (QED) is 0.677. The molecule has 0 spiro atoms. The molecule has 1 amide bonds. The Balaban J connectivity index is 4.16. The number of halogens is 3. The van der Waals surface area contributed by atoms with E-state index in [9.17, 15) is 18.0 Å². The molecule has 78 valence electrons. The molecule has 0 bridgehead atoms. The molecule has 13 heavy (non-hydrogen) atoms. The molecule has 0 fully saturated rings. The third-order valence-electron chi connectivity index (χ3n) is 1.48. The number of methoxy groups -OCH3 is 1. The lowest BCUT2D eigenvalue weighted by Crippen LogP contribution is -2.42. The minimum Gasteiger partial charge on any atom is -0.383 e. The molecule has 0 aromatic rings. The summed E-state index contributed by atoms with van der Waals surface area (Å²) < 4.78 is 40.2. The molecule has 3 nitrogen and oxygen atoms in total. The van der Waals surface area contributed by atoms with Gasteiger partial charge in [-0.3, -0.25) is 4.79 Å².